The van der Waals surface area contributed by atoms with Gasteiger partial charge in [0.15, 0.2) is 0 Å². The lowest BCUT2D eigenvalue weighted by Crippen LogP contribution is -2.42. The Balaban J connectivity index is 2.85. The predicted octanol–water partition coefficient (Wildman–Crippen LogP) is 1.46. The van der Waals surface area contributed by atoms with E-state index < -0.39 is 37.4 Å². The molecule has 0 heterocycles. The lowest BCUT2D eigenvalue weighted by atomic mass is 10.3. The molecule has 12 heteroatoms. The van der Waals surface area contributed by atoms with Crippen molar-refractivity contribution in [3.63, 3.8) is 0 Å². The first-order valence-corrected chi connectivity index (χ1v) is 11.3. The molecular weight excluding hydrogens is 388 g/mol. The van der Waals surface area contributed by atoms with Crippen LogP contribution in [0.1, 0.15) is 12.8 Å². The first-order valence-electron chi connectivity index (χ1n) is 6.39. The van der Waals surface area contributed by atoms with Gasteiger partial charge in [0, 0.05) is 15.7 Å². The number of benzene rings is 1. The minimum Gasteiger partial charge on any atom is -0.323 e. The second-order valence-corrected chi connectivity index (χ2v) is 10.8. The predicted molar refractivity (Wildman–Crippen MR) is 87.8 cm³/mol. The molecule has 0 aliphatic rings. The minimum absolute atomic E-state index is 0.00887. The van der Waals surface area contributed by atoms with Crippen LogP contribution >= 0.6 is 26.8 Å². The second kappa shape index (κ2) is 7.87. The zero-order valence-corrected chi connectivity index (χ0v) is 15.5. The van der Waals surface area contributed by atoms with E-state index in [0.29, 0.717) is 9.92 Å². The first kappa shape index (κ1) is 21.0. The zero-order valence-electron chi connectivity index (χ0n) is 12.1. The molecule has 0 radical (unpaired) electrons. The van der Waals surface area contributed by atoms with E-state index in [-0.39, 0.29) is 12.2 Å². The highest BCUT2D eigenvalue weighted by Crippen LogP contribution is 2.69. The van der Waals surface area contributed by atoms with E-state index in [1.807, 2.05) is 0 Å². The number of halogens is 1. The third kappa shape index (κ3) is 4.95. The third-order valence-corrected chi connectivity index (χ3v) is 9.39. The monoisotopic (exact) mass is 405 g/mol. The minimum atomic E-state index is -5.16. The van der Waals surface area contributed by atoms with Crippen molar-refractivity contribution in [3.05, 3.63) is 29.3 Å². The van der Waals surface area contributed by atoms with Crippen molar-refractivity contribution in [2.24, 2.45) is 0 Å². The molecule has 0 aromatic heterocycles. The Kier molecular flexibility index (Phi) is 7.17. The molecule has 0 spiro atoms. The molecule has 0 amide bonds. The quantitative estimate of drug-likeness (QED) is 0.409. The van der Waals surface area contributed by atoms with Crippen LogP contribution in [0, 0.1) is 0 Å². The van der Waals surface area contributed by atoms with Crippen molar-refractivity contribution in [3.8, 4) is 0 Å². The molecule has 5 N–H and O–H groups in total. The molecule has 23 heavy (non-hydrogen) atoms. The Morgan fingerprint density at radius 3 is 2.00 bits per heavy atom. The zero-order chi connectivity index (χ0) is 17.9. The molecule has 0 saturated heterocycles. The molecule has 0 aliphatic carbocycles. The van der Waals surface area contributed by atoms with Crippen molar-refractivity contribution < 1.29 is 32.9 Å². The molecule has 0 fully saturated rings. The summed E-state index contributed by atoms with van der Waals surface area (Å²) in [6, 6.07) is 6.21. The molecular formula is C11H18ClNO7P2S. The Morgan fingerprint density at radius 2 is 1.61 bits per heavy atom. The lowest BCUT2D eigenvalue weighted by Gasteiger charge is -2.34. The van der Waals surface area contributed by atoms with Gasteiger partial charge in [0.25, 0.3) is 0 Å². The Labute approximate surface area is 141 Å². The van der Waals surface area contributed by atoms with Crippen LogP contribution in [0.15, 0.2) is 29.2 Å². The normalized spacial score (nSPS) is 14.7. The van der Waals surface area contributed by atoms with Gasteiger partial charge in [-0.15, -0.1) is 0 Å². The van der Waals surface area contributed by atoms with Crippen LogP contribution in [0.2, 0.25) is 5.02 Å². The van der Waals surface area contributed by atoms with Gasteiger partial charge < -0.3 is 19.6 Å². The van der Waals surface area contributed by atoms with Crippen LogP contribution in [0.5, 0.6) is 0 Å². The molecule has 132 valence electrons. The largest absolute Gasteiger partial charge is 0.357 e. The highest BCUT2D eigenvalue weighted by Gasteiger charge is 2.58. The second-order valence-electron chi connectivity index (χ2n) is 4.76. The summed E-state index contributed by atoms with van der Waals surface area (Å²) < 4.78 is 35.2. The van der Waals surface area contributed by atoms with E-state index in [9.17, 15) is 32.9 Å². The van der Waals surface area contributed by atoms with Gasteiger partial charge in [-0.05, 0) is 44.2 Å². The summed E-state index contributed by atoms with van der Waals surface area (Å²) >= 11 is 5.72. The highest BCUT2D eigenvalue weighted by molar-refractivity contribution is 7.85. The fraction of sp³-hybridized carbons (Fsp3) is 0.455. The van der Waals surface area contributed by atoms with Gasteiger partial charge in [0.1, 0.15) is 0 Å². The maximum absolute atomic E-state index is 12.1. The van der Waals surface area contributed by atoms with Gasteiger partial charge in [-0.1, -0.05) is 11.6 Å². The maximum atomic E-state index is 12.1. The summed E-state index contributed by atoms with van der Waals surface area (Å²) in [7, 11) is -10.7. The van der Waals surface area contributed by atoms with Crippen molar-refractivity contribution in [1.29, 1.82) is 0 Å². The molecule has 1 aromatic rings. The molecule has 8 nitrogen and oxygen atoms in total. The smallest absolute Gasteiger partial charge is 0.323 e. The third-order valence-electron chi connectivity index (χ3n) is 3.30. The van der Waals surface area contributed by atoms with Crippen LogP contribution in [0.25, 0.3) is 0 Å². The van der Waals surface area contributed by atoms with Crippen molar-refractivity contribution in [2.75, 3.05) is 12.8 Å². The standard InChI is InChI=1S/C11H18ClNO7P2S/c1-13-11(21(14,15)16,22(17,18)19)7-2-8-23(20)10-5-3-9(12)4-6-10/h3-6,13H,2,7-8H2,1H3,(H2,14,15,16)(H2,17,18,19). The molecule has 1 atom stereocenters. The fourth-order valence-electron chi connectivity index (χ4n) is 2.03. The van der Waals surface area contributed by atoms with E-state index in [1.165, 1.54) is 0 Å². The summed E-state index contributed by atoms with van der Waals surface area (Å²) in [5.74, 6) is -0.00887. The van der Waals surface area contributed by atoms with Crippen LogP contribution in [-0.4, -0.2) is 41.6 Å². The number of hydrogen-bond acceptors (Lipinski definition) is 4. The van der Waals surface area contributed by atoms with E-state index in [0.717, 1.165) is 7.05 Å². The van der Waals surface area contributed by atoms with E-state index in [4.69, 9.17) is 11.6 Å². The fourth-order valence-corrected chi connectivity index (χ4v) is 6.08. The molecule has 0 bridgehead atoms. The topological polar surface area (TPSA) is 144 Å². The lowest BCUT2D eigenvalue weighted by molar-refractivity contribution is 0.286. The van der Waals surface area contributed by atoms with Gasteiger partial charge >= 0.3 is 15.2 Å². The summed E-state index contributed by atoms with van der Waals surface area (Å²) in [5, 5.41) is -0.128. The highest BCUT2D eigenvalue weighted by atomic mass is 35.5. The van der Waals surface area contributed by atoms with E-state index in [1.54, 1.807) is 24.3 Å². The van der Waals surface area contributed by atoms with Crippen molar-refractivity contribution in [2.45, 2.75) is 22.8 Å². The van der Waals surface area contributed by atoms with Crippen LogP contribution < -0.4 is 5.32 Å². The SMILES string of the molecule is CNC(CCCS(=O)c1ccc(Cl)cc1)(P(=O)(O)O)P(=O)(O)O. The van der Waals surface area contributed by atoms with Crippen LogP contribution in [-0.2, 0) is 19.9 Å². The average molecular weight is 406 g/mol. The van der Waals surface area contributed by atoms with E-state index >= 15 is 0 Å². The van der Waals surface area contributed by atoms with Gasteiger partial charge in [0.05, 0.1) is 10.8 Å². The van der Waals surface area contributed by atoms with Gasteiger partial charge in [-0.2, -0.15) is 0 Å². The average Bonchev–Trinajstić information content (AvgIpc) is 2.41. The molecule has 0 saturated carbocycles. The number of nitrogens with one attached hydrogen (secondary N) is 1. The summed E-state index contributed by atoms with van der Waals surface area (Å²) in [5.41, 5.74) is 0. The number of hydrogen-bond donors (Lipinski definition) is 5. The van der Waals surface area contributed by atoms with Crippen LogP contribution in [0.3, 0.4) is 0 Å². The summed E-state index contributed by atoms with van der Waals surface area (Å²) in [6.45, 7) is 0. The summed E-state index contributed by atoms with van der Waals surface area (Å²) in [4.78, 5) is 37.8. The van der Waals surface area contributed by atoms with Gasteiger partial charge in [-0.25, -0.2) is 0 Å². The molecule has 1 unspecified atom stereocenters. The first-order chi connectivity index (χ1) is 10.4. The van der Waals surface area contributed by atoms with Crippen LogP contribution in [0.4, 0.5) is 0 Å². The Bertz CT molecular complexity index is 635. The molecule has 0 aliphatic heterocycles. The van der Waals surface area contributed by atoms with Gasteiger partial charge in [0.2, 0.25) is 5.02 Å². The van der Waals surface area contributed by atoms with Gasteiger partial charge in [-0.3, -0.25) is 18.7 Å². The Morgan fingerprint density at radius 1 is 1.13 bits per heavy atom. The number of rotatable bonds is 8. The molecule has 1 aromatic carbocycles. The van der Waals surface area contributed by atoms with Crippen molar-refractivity contribution in [1.82, 2.24) is 5.32 Å². The van der Waals surface area contributed by atoms with Crippen molar-refractivity contribution >= 4 is 37.6 Å². The maximum Gasteiger partial charge on any atom is 0.357 e. The van der Waals surface area contributed by atoms with E-state index in [2.05, 4.69) is 5.32 Å². The molecule has 1 rings (SSSR count). The Hall–Kier alpha value is -0.0800. The summed E-state index contributed by atoms with van der Waals surface area (Å²) in [6.07, 6.45) is -0.594.